The second kappa shape index (κ2) is 6.53. The second-order valence-corrected chi connectivity index (χ2v) is 6.21. The van der Waals surface area contributed by atoms with Crippen LogP contribution in [0.25, 0.3) is 0 Å². The fourth-order valence-electron chi connectivity index (χ4n) is 2.93. The van der Waals surface area contributed by atoms with Crippen molar-refractivity contribution < 1.29 is 4.74 Å². The van der Waals surface area contributed by atoms with E-state index in [1.807, 2.05) is 6.92 Å². The molecule has 0 amide bonds. The quantitative estimate of drug-likeness (QED) is 0.889. The zero-order valence-electron chi connectivity index (χ0n) is 12.4. The van der Waals surface area contributed by atoms with Gasteiger partial charge in [0.15, 0.2) is 0 Å². The Kier molecular flexibility index (Phi) is 5.00. The van der Waals surface area contributed by atoms with Crippen molar-refractivity contribution in [3.8, 4) is 0 Å². The minimum Gasteiger partial charge on any atom is -0.369 e. The van der Waals surface area contributed by atoms with E-state index in [9.17, 15) is 0 Å². The maximum Gasteiger partial charge on any atom is 0.0976 e. The number of benzene rings is 1. The van der Waals surface area contributed by atoms with Gasteiger partial charge in [0.2, 0.25) is 0 Å². The molecule has 1 fully saturated rings. The van der Waals surface area contributed by atoms with E-state index in [1.165, 1.54) is 36.8 Å². The smallest absolute Gasteiger partial charge is 0.0976 e. The van der Waals surface area contributed by atoms with Crippen LogP contribution < -0.4 is 5.73 Å². The van der Waals surface area contributed by atoms with Crippen LogP contribution in [0.1, 0.15) is 56.8 Å². The number of rotatable bonds is 4. The average molecular weight is 261 g/mol. The number of hydrogen-bond acceptors (Lipinski definition) is 2. The third-order valence-electron chi connectivity index (χ3n) is 4.15. The van der Waals surface area contributed by atoms with Crippen LogP contribution in [0.4, 0.5) is 0 Å². The molecule has 0 aliphatic heterocycles. The zero-order chi connectivity index (χ0) is 13.8. The van der Waals surface area contributed by atoms with E-state index in [0.29, 0.717) is 6.10 Å². The lowest BCUT2D eigenvalue weighted by atomic mass is 9.88. The second-order valence-electron chi connectivity index (χ2n) is 6.21. The molecule has 1 saturated carbocycles. The third kappa shape index (κ3) is 4.05. The molecule has 1 aliphatic carbocycles. The summed E-state index contributed by atoms with van der Waals surface area (Å²) in [5.41, 5.74) is 8.62. The average Bonchev–Trinajstić information content (AvgIpc) is 2.37. The largest absolute Gasteiger partial charge is 0.369 e. The lowest BCUT2D eigenvalue weighted by molar-refractivity contribution is -0.0459. The summed E-state index contributed by atoms with van der Waals surface area (Å²) in [7, 11) is 0. The maximum atomic E-state index is 6.32. The molecule has 0 spiro atoms. The van der Waals surface area contributed by atoms with E-state index >= 15 is 0 Å². The van der Waals surface area contributed by atoms with Gasteiger partial charge in [0.1, 0.15) is 0 Å². The van der Waals surface area contributed by atoms with Crippen molar-refractivity contribution in [1.29, 1.82) is 0 Å². The summed E-state index contributed by atoms with van der Waals surface area (Å²) in [6.07, 6.45) is 5.33. The summed E-state index contributed by atoms with van der Waals surface area (Å²) in [5.74, 6) is 0.854. The van der Waals surface area contributed by atoms with Crippen molar-refractivity contribution >= 4 is 0 Å². The van der Waals surface area contributed by atoms with E-state index < -0.39 is 0 Å². The van der Waals surface area contributed by atoms with E-state index in [1.54, 1.807) is 0 Å². The van der Waals surface area contributed by atoms with Gasteiger partial charge in [-0.3, -0.25) is 0 Å². The lowest BCUT2D eigenvalue weighted by Gasteiger charge is -2.32. The van der Waals surface area contributed by atoms with Crippen LogP contribution in [0.3, 0.4) is 0 Å². The highest BCUT2D eigenvalue weighted by atomic mass is 16.5. The van der Waals surface area contributed by atoms with E-state index in [-0.39, 0.29) is 12.1 Å². The highest BCUT2D eigenvalue weighted by Crippen LogP contribution is 2.31. The predicted octanol–water partition coefficient (Wildman–Crippen LogP) is 3.98. The molecule has 0 saturated heterocycles. The molecule has 2 rings (SSSR count). The van der Waals surface area contributed by atoms with Gasteiger partial charge in [0, 0.05) is 6.04 Å². The molecular formula is C17H27NO. The first-order valence-corrected chi connectivity index (χ1v) is 7.54. The van der Waals surface area contributed by atoms with Crippen molar-refractivity contribution in [3.05, 3.63) is 35.4 Å². The molecule has 2 atom stereocenters. The Bertz CT molecular complexity index is 394. The molecule has 0 bridgehead atoms. The van der Waals surface area contributed by atoms with Crippen LogP contribution >= 0.6 is 0 Å². The summed E-state index contributed by atoms with van der Waals surface area (Å²) in [5, 5.41) is 0. The van der Waals surface area contributed by atoms with E-state index in [0.717, 1.165) is 5.92 Å². The standard InChI is InChI=1S/C17H27NO/c1-12-7-9-16(10-8-12)19-17(14(3)18)15-6-4-5-13(2)11-15/h4-6,11-12,14,16-17H,7-10,18H2,1-3H3. The van der Waals surface area contributed by atoms with Crippen molar-refractivity contribution in [2.75, 3.05) is 0 Å². The van der Waals surface area contributed by atoms with Gasteiger partial charge in [0.25, 0.3) is 0 Å². The molecule has 2 unspecified atom stereocenters. The summed E-state index contributed by atoms with van der Waals surface area (Å²) in [6.45, 7) is 6.49. The Balaban J connectivity index is 2.04. The maximum absolute atomic E-state index is 6.32. The first-order valence-electron chi connectivity index (χ1n) is 7.54. The fraction of sp³-hybridized carbons (Fsp3) is 0.647. The molecular weight excluding hydrogens is 234 g/mol. The van der Waals surface area contributed by atoms with Gasteiger partial charge in [-0.05, 0) is 51.0 Å². The molecule has 2 N–H and O–H groups in total. The topological polar surface area (TPSA) is 35.2 Å². The highest BCUT2D eigenvalue weighted by molar-refractivity contribution is 5.25. The van der Waals surface area contributed by atoms with Crippen molar-refractivity contribution in [2.24, 2.45) is 11.7 Å². The van der Waals surface area contributed by atoms with E-state index in [4.69, 9.17) is 10.5 Å². The van der Waals surface area contributed by atoms with Crippen LogP contribution in [0, 0.1) is 12.8 Å². The van der Waals surface area contributed by atoms with Crippen LogP contribution in [0.15, 0.2) is 24.3 Å². The Morgan fingerprint density at radius 3 is 2.47 bits per heavy atom. The Labute approximate surface area is 117 Å². The molecule has 2 heteroatoms. The molecule has 1 aromatic rings. The number of aryl methyl sites for hydroxylation is 1. The first-order chi connectivity index (χ1) is 9.06. The summed E-state index contributed by atoms with van der Waals surface area (Å²) < 4.78 is 6.32. The molecule has 106 valence electrons. The molecule has 0 aromatic heterocycles. The highest BCUT2D eigenvalue weighted by Gasteiger charge is 2.25. The van der Waals surface area contributed by atoms with Gasteiger partial charge in [0.05, 0.1) is 12.2 Å². The Morgan fingerprint density at radius 2 is 1.89 bits per heavy atom. The normalized spacial score (nSPS) is 26.9. The van der Waals surface area contributed by atoms with Gasteiger partial charge >= 0.3 is 0 Å². The van der Waals surface area contributed by atoms with Gasteiger partial charge in [-0.2, -0.15) is 0 Å². The number of hydrogen-bond donors (Lipinski definition) is 1. The summed E-state index contributed by atoms with van der Waals surface area (Å²) in [4.78, 5) is 0. The summed E-state index contributed by atoms with van der Waals surface area (Å²) in [6, 6.07) is 8.56. The predicted molar refractivity (Wildman–Crippen MR) is 80.1 cm³/mol. The van der Waals surface area contributed by atoms with Crippen LogP contribution in [-0.4, -0.2) is 12.1 Å². The van der Waals surface area contributed by atoms with Gasteiger partial charge in [-0.15, -0.1) is 0 Å². The van der Waals surface area contributed by atoms with Crippen LogP contribution in [-0.2, 0) is 4.74 Å². The molecule has 19 heavy (non-hydrogen) atoms. The van der Waals surface area contributed by atoms with Crippen LogP contribution in [0.5, 0.6) is 0 Å². The minimum atomic E-state index is 0.0262. The molecule has 0 heterocycles. The monoisotopic (exact) mass is 261 g/mol. The van der Waals surface area contributed by atoms with Crippen molar-refractivity contribution in [2.45, 2.75) is 64.7 Å². The Morgan fingerprint density at radius 1 is 1.21 bits per heavy atom. The van der Waals surface area contributed by atoms with Crippen molar-refractivity contribution in [3.63, 3.8) is 0 Å². The zero-order valence-corrected chi connectivity index (χ0v) is 12.4. The number of ether oxygens (including phenoxy) is 1. The fourth-order valence-corrected chi connectivity index (χ4v) is 2.93. The minimum absolute atomic E-state index is 0.0262. The van der Waals surface area contributed by atoms with E-state index in [2.05, 4.69) is 38.1 Å². The molecule has 1 aromatic carbocycles. The molecule has 1 aliphatic rings. The Hall–Kier alpha value is -0.860. The van der Waals surface area contributed by atoms with Gasteiger partial charge in [-0.1, -0.05) is 36.8 Å². The number of nitrogens with two attached hydrogens (primary N) is 1. The van der Waals surface area contributed by atoms with Crippen LogP contribution in [0.2, 0.25) is 0 Å². The van der Waals surface area contributed by atoms with Crippen molar-refractivity contribution in [1.82, 2.24) is 0 Å². The van der Waals surface area contributed by atoms with Gasteiger partial charge < -0.3 is 10.5 Å². The molecule has 2 nitrogen and oxygen atoms in total. The van der Waals surface area contributed by atoms with Gasteiger partial charge in [-0.25, -0.2) is 0 Å². The first kappa shape index (κ1) is 14.5. The lowest BCUT2D eigenvalue weighted by Crippen LogP contribution is -2.32. The SMILES string of the molecule is Cc1cccc(C(OC2CCC(C)CC2)C(C)N)c1. The third-order valence-corrected chi connectivity index (χ3v) is 4.15. The summed E-state index contributed by atoms with van der Waals surface area (Å²) >= 11 is 0. The molecule has 0 radical (unpaired) electrons.